The third kappa shape index (κ3) is 3.65. The molecule has 1 N–H and O–H groups in total. The van der Waals surface area contributed by atoms with Gasteiger partial charge in [-0.25, -0.2) is 4.79 Å². The molecule has 1 aromatic rings. The van der Waals surface area contributed by atoms with Crippen LogP contribution < -0.4 is 5.32 Å². The normalized spacial score (nSPS) is 25.8. The second-order valence-corrected chi connectivity index (χ2v) is 9.32. The molecular formula is C18H25N3O2S2. The minimum absolute atomic E-state index is 0.0301. The summed E-state index contributed by atoms with van der Waals surface area (Å²) in [5.74, 6) is 1.19. The molecule has 0 radical (unpaired) electrons. The van der Waals surface area contributed by atoms with E-state index in [4.69, 9.17) is 4.74 Å². The lowest BCUT2D eigenvalue weighted by atomic mass is 9.91. The minimum atomic E-state index is 0.0301. The van der Waals surface area contributed by atoms with E-state index in [-0.39, 0.29) is 10.8 Å². The summed E-state index contributed by atoms with van der Waals surface area (Å²) in [6, 6.07) is 8.66. The molecule has 5 nitrogen and oxygen atoms in total. The first-order chi connectivity index (χ1) is 12.2. The SMILES string of the molecule is CSc1ccccc1NC(=O)N1CC2(CC(N3CCOCC3)CS2)C1. The Bertz CT molecular complexity index is 631. The van der Waals surface area contributed by atoms with E-state index < -0.39 is 0 Å². The lowest BCUT2D eigenvalue weighted by Gasteiger charge is -2.47. The zero-order valence-electron chi connectivity index (χ0n) is 14.6. The van der Waals surface area contributed by atoms with Crippen LogP contribution in [0, 0.1) is 0 Å². The van der Waals surface area contributed by atoms with E-state index >= 15 is 0 Å². The Balaban J connectivity index is 1.30. The highest BCUT2D eigenvalue weighted by atomic mass is 32.2. The van der Waals surface area contributed by atoms with Gasteiger partial charge in [0.2, 0.25) is 0 Å². The van der Waals surface area contributed by atoms with E-state index in [0.717, 1.165) is 50.0 Å². The van der Waals surface area contributed by atoms with Gasteiger partial charge in [-0.1, -0.05) is 12.1 Å². The number of rotatable bonds is 3. The highest BCUT2D eigenvalue weighted by molar-refractivity contribution is 8.01. The van der Waals surface area contributed by atoms with Crippen LogP contribution in [0.1, 0.15) is 6.42 Å². The number of amides is 2. The average molecular weight is 380 g/mol. The Morgan fingerprint density at radius 2 is 2.08 bits per heavy atom. The summed E-state index contributed by atoms with van der Waals surface area (Å²) >= 11 is 3.72. The Kier molecular flexibility index (Phi) is 5.18. The summed E-state index contributed by atoms with van der Waals surface area (Å²) in [6.45, 7) is 5.56. The maximum Gasteiger partial charge on any atom is 0.321 e. The Labute approximate surface area is 157 Å². The number of thioether (sulfide) groups is 2. The zero-order valence-corrected chi connectivity index (χ0v) is 16.2. The quantitative estimate of drug-likeness (QED) is 0.818. The monoisotopic (exact) mass is 379 g/mol. The van der Waals surface area contributed by atoms with Gasteiger partial charge in [-0.3, -0.25) is 4.90 Å². The van der Waals surface area contributed by atoms with Crippen LogP contribution in [-0.2, 0) is 4.74 Å². The van der Waals surface area contributed by atoms with Gasteiger partial charge in [-0.2, -0.15) is 0 Å². The van der Waals surface area contributed by atoms with Crippen molar-refractivity contribution in [3.8, 4) is 0 Å². The summed E-state index contributed by atoms with van der Waals surface area (Å²) < 4.78 is 5.74. The van der Waals surface area contributed by atoms with Gasteiger partial charge in [-0.15, -0.1) is 23.5 Å². The predicted octanol–water partition coefficient (Wildman–Crippen LogP) is 2.83. The molecule has 1 aromatic carbocycles. The molecule has 3 aliphatic heterocycles. The first-order valence-corrected chi connectivity index (χ1v) is 11.0. The van der Waals surface area contributed by atoms with Crippen molar-refractivity contribution in [2.45, 2.75) is 22.1 Å². The molecule has 4 rings (SSSR count). The number of para-hydroxylation sites is 1. The van der Waals surface area contributed by atoms with E-state index in [1.165, 1.54) is 12.2 Å². The highest BCUT2D eigenvalue weighted by Gasteiger charge is 2.51. The number of carbonyl (C=O) groups excluding carboxylic acids is 1. The van der Waals surface area contributed by atoms with E-state index in [1.54, 1.807) is 11.8 Å². The molecule has 1 spiro atoms. The maximum absolute atomic E-state index is 12.6. The van der Waals surface area contributed by atoms with Gasteiger partial charge in [-0.05, 0) is 24.8 Å². The number of likely N-dealkylation sites (tertiary alicyclic amines) is 1. The molecular weight excluding hydrogens is 354 g/mol. The van der Waals surface area contributed by atoms with Crippen LogP contribution in [0.2, 0.25) is 0 Å². The van der Waals surface area contributed by atoms with Gasteiger partial charge in [0.15, 0.2) is 0 Å². The fourth-order valence-corrected chi connectivity index (χ4v) is 6.19. The highest BCUT2D eigenvalue weighted by Crippen LogP contribution is 2.46. The van der Waals surface area contributed by atoms with Crippen molar-refractivity contribution in [3.05, 3.63) is 24.3 Å². The van der Waals surface area contributed by atoms with Gasteiger partial charge >= 0.3 is 6.03 Å². The van der Waals surface area contributed by atoms with Crippen molar-refractivity contribution in [1.82, 2.24) is 9.80 Å². The fourth-order valence-electron chi connectivity index (χ4n) is 3.95. The number of benzene rings is 1. The Hall–Kier alpha value is -0.890. The second kappa shape index (κ2) is 7.39. The molecule has 3 fully saturated rings. The number of anilines is 1. The van der Waals surface area contributed by atoms with E-state index in [9.17, 15) is 4.79 Å². The van der Waals surface area contributed by atoms with Crippen molar-refractivity contribution < 1.29 is 9.53 Å². The maximum atomic E-state index is 12.6. The summed E-state index contributed by atoms with van der Waals surface area (Å²) in [5.41, 5.74) is 0.909. The molecule has 0 aliphatic carbocycles. The van der Waals surface area contributed by atoms with E-state index in [2.05, 4.69) is 22.0 Å². The van der Waals surface area contributed by atoms with Crippen LogP contribution in [0.15, 0.2) is 29.2 Å². The third-order valence-corrected chi connectivity index (χ3v) is 7.73. The predicted molar refractivity (Wildman–Crippen MR) is 105 cm³/mol. The number of nitrogens with one attached hydrogen (secondary N) is 1. The van der Waals surface area contributed by atoms with Crippen LogP contribution in [0.25, 0.3) is 0 Å². The summed E-state index contributed by atoms with van der Waals surface area (Å²) in [6.07, 6.45) is 3.23. The Morgan fingerprint density at radius 3 is 2.84 bits per heavy atom. The molecule has 3 heterocycles. The van der Waals surface area contributed by atoms with Gasteiger partial charge < -0.3 is 15.0 Å². The first kappa shape index (κ1) is 17.5. The number of carbonyl (C=O) groups is 1. The van der Waals surface area contributed by atoms with Crippen LogP contribution >= 0.6 is 23.5 Å². The lowest BCUT2D eigenvalue weighted by molar-refractivity contribution is 0.0158. The Morgan fingerprint density at radius 1 is 1.32 bits per heavy atom. The van der Waals surface area contributed by atoms with Crippen molar-refractivity contribution in [3.63, 3.8) is 0 Å². The zero-order chi connectivity index (χ0) is 17.3. The van der Waals surface area contributed by atoms with Crippen molar-refractivity contribution in [2.24, 2.45) is 0 Å². The number of hydrogen-bond donors (Lipinski definition) is 1. The first-order valence-electron chi connectivity index (χ1n) is 8.84. The second-order valence-electron chi connectivity index (χ2n) is 6.99. The molecule has 136 valence electrons. The van der Waals surface area contributed by atoms with Gasteiger partial charge in [0.05, 0.1) is 23.6 Å². The van der Waals surface area contributed by atoms with Crippen molar-refractivity contribution in [1.29, 1.82) is 0 Å². The van der Waals surface area contributed by atoms with Crippen LogP contribution in [-0.4, -0.2) is 78.0 Å². The standard InChI is InChI=1S/C18H25N3O2S2/c1-24-16-5-3-2-4-15(16)19-17(22)21-12-18(13-21)10-14(11-25-18)20-6-8-23-9-7-20/h2-5,14H,6-13H2,1H3,(H,19,22). The summed E-state index contributed by atoms with van der Waals surface area (Å²) in [5, 5.41) is 3.07. The molecule has 0 aromatic heterocycles. The van der Waals surface area contributed by atoms with Crippen LogP contribution in [0.4, 0.5) is 10.5 Å². The van der Waals surface area contributed by atoms with E-state index in [0.29, 0.717) is 6.04 Å². The van der Waals surface area contributed by atoms with Crippen molar-refractivity contribution >= 4 is 35.2 Å². The third-order valence-electron chi connectivity index (χ3n) is 5.35. The van der Waals surface area contributed by atoms with Gasteiger partial charge in [0.25, 0.3) is 0 Å². The smallest absolute Gasteiger partial charge is 0.321 e. The average Bonchev–Trinajstić information content (AvgIpc) is 3.07. The number of hydrogen-bond acceptors (Lipinski definition) is 5. The largest absolute Gasteiger partial charge is 0.379 e. The molecule has 3 aliphatic rings. The molecule has 2 amide bonds. The molecule has 0 bridgehead atoms. The van der Waals surface area contributed by atoms with E-state index in [1.807, 2.05) is 35.4 Å². The number of nitrogens with zero attached hydrogens (tertiary/aromatic N) is 2. The van der Waals surface area contributed by atoms with Gasteiger partial charge in [0, 0.05) is 42.9 Å². The molecule has 25 heavy (non-hydrogen) atoms. The molecule has 1 atom stereocenters. The summed E-state index contributed by atoms with van der Waals surface area (Å²) in [4.78, 5) is 18.2. The minimum Gasteiger partial charge on any atom is -0.379 e. The topological polar surface area (TPSA) is 44.8 Å². The number of urea groups is 1. The van der Waals surface area contributed by atoms with Crippen LogP contribution in [0.5, 0.6) is 0 Å². The molecule has 7 heteroatoms. The number of ether oxygens (including phenoxy) is 1. The fraction of sp³-hybridized carbons (Fsp3) is 0.611. The number of morpholine rings is 1. The van der Waals surface area contributed by atoms with Crippen molar-refractivity contribution in [2.75, 3.05) is 56.7 Å². The van der Waals surface area contributed by atoms with Gasteiger partial charge in [0.1, 0.15) is 0 Å². The molecule has 1 unspecified atom stereocenters. The molecule has 0 saturated carbocycles. The molecule has 3 saturated heterocycles. The summed E-state index contributed by atoms with van der Waals surface area (Å²) in [7, 11) is 0. The van der Waals surface area contributed by atoms with Crippen LogP contribution in [0.3, 0.4) is 0 Å². The lowest BCUT2D eigenvalue weighted by Crippen LogP contribution is -2.62.